The monoisotopic (exact) mass is 307 g/mol. The van der Waals surface area contributed by atoms with Crippen LogP contribution in [-0.2, 0) is 24.2 Å². The number of aromatic nitrogens is 3. The Hall–Kier alpha value is -1.63. The Labute approximate surface area is 130 Å². The summed E-state index contributed by atoms with van der Waals surface area (Å²) < 4.78 is 7.67. The van der Waals surface area contributed by atoms with Gasteiger partial charge in [0.15, 0.2) is 5.82 Å². The number of carbonyl (C=O) groups excluding carboxylic acids is 1. The van der Waals surface area contributed by atoms with Crippen molar-refractivity contribution in [2.75, 3.05) is 7.11 Å². The highest BCUT2D eigenvalue weighted by atomic mass is 16.5. The first kappa shape index (κ1) is 15.3. The molecule has 2 amide bonds. The quantitative estimate of drug-likeness (QED) is 0.876. The van der Waals surface area contributed by atoms with Crippen LogP contribution in [0.5, 0.6) is 0 Å². The second kappa shape index (κ2) is 5.22. The van der Waals surface area contributed by atoms with E-state index in [4.69, 9.17) is 4.74 Å². The van der Waals surface area contributed by atoms with E-state index >= 15 is 0 Å². The van der Waals surface area contributed by atoms with Crippen molar-refractivity contribution in [2.24, 2.45) is 5.41 Å². The molecule has 0 bridgehead atoms. The lowest BCUT2D eigenvalue weighted by Gasteiger charge is -2.59. The van der Waals surface area contributed by atoms with Gasteiger partial charge in [0.1, 0.15) is 5.82 Å². The molecule has 1 aliphatic heterocycles. The molecule has 122 valence electrons. The molecule has 7 heteroatoms. The van der Waals surface area contributed by atoms with E-state index in [0.717, 1.165) is 37.5 Å². The first-order valence-electron chi connectivity index (χ1n) is 7.88. The van der Waals surface area contributed by atoms with Crippen LogP contribution in [0.15, 0.2) is 0 Å². The standard InChI is InChI=1S/C15H25N5O2/c1-14(2)10(8-15(14,3)22-4)17-13(21)16-9-12-19-18-11-6-5-7-20(11)12/h10H,5-9H2,1-4H3,(H2,16,17,21)/t10-,15+/m0/s1. The zero-order chi connectivity index (χ0) is 16.0. The second-order valence-corrected chi connectivity index (χ2v) is 7.03. The predicted octanol–water partition coefficient (Wildman–Crippen LogP) is 1.23. The van der Waals surface area contributed by atoms with Gasteiger partial charge in [-0.3, -0.25) is 0 Å². The van der Waals surface area contributed by atoms with Crippen LogP contribution in [0.3, 0.4) is 0 Å². The third kappa shape index (κ3) is 2.27. The van der Waals surface area contributed by atoms with Crippen molar-refractivity contribution in [3.8, 4) is 0 Å². The molecule has 1 fully saturated rings. The number of hydrogen-bond donors (Lipinski definition) is 2. The fourth-order valence-electron chi connectivity index (χ4n) is 3.43. The van der Waals surface area contributed by atoms with E-state index in [0.29, 0.717) is 6.54 Å². The molecule has 7 nitrogen and oxygen atoms in total. The third-order valence-electron chi connectivity index (χ3n) is 5.68. The summed E-state index contributed by atoms with van der Waals surface area (Å²) in [5.41, 5.74) is -0.270. The molecule has 1 aromatic heterocycles. The van der Waals surface area contributed by atoms with Crippen molar-refractivity contribution in [1.29, 1.82) is 0 Å². The van der Waals surface area contributed by atoms with Crippen LogP contribution in [0.1, 0.15) is 45.3 Å². The number of fused-ring (bicyclic) bond motifs is 1. The number of hydrogen-bond acceptors (Lipinski definition) is 4. The summed E-state index contributed by atoms with van der Waals surface area (Å²) in [5, 5.41) is 14.2. The lowest BCUT2D eigenvalue weighted by Crippen LogP contribution is -2.69. The van der Waals surface area contributed by atoms with Gasteiger partial charge in [0.05, 0.1) is 12.1 Å². The van der Waals surface area contributed by atoms with Crippen LogP contribution in [0.4, 0.5) is 4.79 Å². The predicted molar refractivity (Wildman–Crippen MR) is 81.3 cm³/mol. The molecule has 0 radical (unpaired) electrons. The van der Waals surface area contributed by atoms with Gasteiger partial charge in [-0.05, 0) is 19.8 Å². The highest BCUT2D eigenvalue weighted by Crippen LogP contribution is 2.51. The van der Waals surface area contributed by atoms with E-state index in [1.54, 1.807) is 7.11 Å². The van der Waals surface area contributed by atoms with Gasteiger partial charge in [-0.15, -0.1) is 10.2 Å². The van der Waals surface area contributed by atoms with Crippen molar-refractivity contribution in [3.63, 3.8) is 0 Å². The molecule has 1 saturated carbocycles. The Morgan fingerprint density at radius 3 is 2.86 bits per heavy atom. The lowest BCUT2D eigenvalue weighted by molar-refractivity contribution is -0.177. The van der Waals surface area contributed by atoms with Gasteiger partial charge < -0.3 is 19.9 Å². The molecule has 0 spiro atoms. The Morgan fingerprint density at radius 1 is 1.41 bits per heavy atom. The lowest BCUT2D eigenvalue weighted by atomic mass is 9.56. The van der Waals surface area contributed by atoms with E-state index in [1.807, 2.05) is 0 Å². The van der Waals surface area contributed by atoms with Crippen LogP contribution in [0.2, 0.25) is 0 Å². The van der Waals surface area contributed by atoms with Gasteiger partial charge in [-0.1, -0.05) is 13.8 Å². The Bertz CT molecular complexity index is 582. The van der Waals surface area contributed by atoms with Crippen LogP contribution in [-0.4, -0.2) is 39.5 Å². The summed E-state index contributed by atoms with van der Waals surface area (Å²) in [7, 11) is 1.73. The number of amides is 2. The fraction of sp³-hybridized carbons (Fsp3) is 0.800. The zero-order valence-corrected chi connectivity index (χ0v) is 13.8. The van der Waals surface area contributed by atoms with Gasteiger partial charge in [-0.25, -0.2) is 4.79 Å². The highest BCUT2D eigenvalue weighted by Gasteiger charge is 2.58. The minimum absolute atomic E-state index is 0.0881. The topological polar surface area (TPSA) is 81.1 Å². The van der Waals surface area contributed by atoms with Crippen LogP contribution < -0.4 is 10.6 Å². The average Bonchev–Trinajstić information content (AvgIpc) is 3.08. The number of nitrogens with one attached hydrogen (secondary N) is 2. The minimum atomic E-state index is -0.182. The summed E-state index contributed by atoms with van der Waals surface area (Å²) in [6.45, 7) is 7.69. The van der Waals surface area contributed by atoms with Gasteiger partial charge in [0.25, 0.3) is 0 Å². The van der Waals surface area contributed by atoms with Crippen LogP contribution in [0, 0.1) is 5.41 Å². The third-order valence-corrected chi connectivity index (χ3v) is 5.68. The molecule has 2 aliphatic rings. The molecule has 0 aromatic carbocycles. The number of methoxy groups -OCH3 is 1. The van der Waals surface area contributed by atoms with E-state index in [-0.39, 0.29) is 23.1 Å². The maximum Gasteiger partial charge on any atom is 0.315 e. The van der Waals surface area contributed by atoms with E-state index in [9.17, 15) is 4.79 Å². The summed E-state index contributed by atoms with van der Waals surface area (Å²) >= 11 is 0. The summed E-state index contributed by atoms with van der Waals surface area (Å²) in [5.74, 6) is 1.85. The SMILES string of the molecule is CO[C@]1(C)C[C@H](NC(=O)NCc2nnc3n2CCC3)C1(C)C. The minimum Gasteiger partial charge on any atom is -0.378 e. The largest absolute Gasteiger partial charge is 0.378 e. The maximum absolute atomic E-state index is 12.1. The normalized spacial score (nSPS) is 28.8. The molecular formula is C15H25N5O2. The summed E-state index contributed by atoms with van der Waals surface area (Å²) in [6.07, 6.45) is 2.91. The van der Waals surface area contributed by atoms with E-state index in [2.05, 4.69) is 46.2 Å². The van der Waals surface area contributed by atoms with Gasteiger partial charge in [-0.2, -0.15) is 0 Å². The van der Waals surface area contributed by atoms with Crippen molar-refractivity contribution >= 4 is 6.03 Å². The molecule has 1 aromatic rings. The average molecular weight is 307 g/mol. The Balaban J connectivity index is 1.51. The smallest absolute Gasteiger partial charge is 0.315 e. The highest BCUT2D eigenvalue weighted by molar-refractivity contribution is 5.74. The van der Waals surface area contributed by atoms with Crippen LogP contribution in [0.25, 0.3) is 0 Å². The molecule has 2 heterocycles. The van der Waals surface area contributed by atoms with Gasteiger partial charge in [0.2, 0.25) is 0 Å². The van der Waals surface area contributed by atoms with Gasteiger partial charge >= 0.3 is 6.03 Å². The second-order valence-electron chi connectivity index (χ2n) is 7.03. The summed E-state index contributed by atoms with van der Waals surface area (Å²) in [4.78, 5) is 12.1. The Kier molecular flexibility index (Phi) is 3.63. The zero-order valence-electron chi connectivity index (χ0n) is 13.8. The maximum atomic E-state index is 12.1. The molecule has 0 unspecified atom stereocenters. The molecule has 2 N–H and O–H groups in total. The van der Waals surface area contributed by atoms with Crippen molar-refractivity contribution < 1.29 is 9.53 Å². The van der Waals surface area contributed by atoms with Crippen molar-refractivity contribution in [1.82, 2.24) is 25.4 Å². The fourth-order valence-corrected chi connectivity index (χ4v) is 3.43. The first-order chi connectivity index (χ1) is 10.4. The Morgan fingerprint density at radius 2 is 2.18 bits per heavy atom. The summed E-state index contributed by atoms with van der Waals surface area (Å²) in [6, 6.07) is -0.0480. The van der Waals surface area contributed by atoms with Crippen molar-refractivity contribution in [3.05, 3.63) is 11.6 Å². The number of ether oxygens (including phenoxy) is 1. The van der Waals surface area contributed by atoms with Crippen LogP contribution >= 0.6 is 0 Å². The number of rotatable bonds is 4. The van der Waals surface area contributed by atoms with E-state index in [1.165, 1.54) is 0 Å². The van der Waals surface area contributed by atoms with E-state index < -0.39 is 0 Å². The number of nitrogens with zero attached hydrogens (tertiary/aromatic N) is 3. The molecule has 22 heavy (non-hydrogen) atoms. The van der Waals surface area contributed by atoms with Gasteiger partial charge in [0, 0.05) is 31.5 Å². The van der Waals surface area contributed by atoms with Crippen molar-refractivity contribution in [2.45, 2.75) is 64.8 Å². The molecule has 2 atom stereocenters. The first-order valence-corrected chi connectivity index (χ1v) is 7.88. The molecule has 0 saturated heterocycles. The molecule has 3 rings (SSSR count). The molecular weight excluding hydrogens is 282 g/mol. The molecule has 1 aliphatic carbocycles. The number of carbonyl (C=O) groups is 1. The number of urea groups is 1. The number of aryl methyl sites for hydroxylation is 1.